The van der Waals surface area contributed by atoms with Gasteiger partial charge in [0, 0.05) is 17.0 Å². The standard InChI is InChI=1S/C26H22O4/c1-2-4-22-18(3-1)14-21(16-29-22)17-5-8-23-19(13-17)6-9-24(30-23)20-7-10-25-26(15-20)28-12-11-27-25/h1-10,13,15,21,24H,11-12,14,16H2. The average Bonchev–Trinajstić information content (AvgIpc) is 2.83. The molecule has 0 saturated carbocycles. The quantitative estimate of drug-likeness (QED) is 0.585. The fraction of sp³-hybridized carbons (Fsp3) is 0.231. The molecule has 3 aromatic rings. The molecule has 3 aliphatic rings. The lowest BCUT2D eigenvalue weighted by Gasteiger charge is -2.27. The highest BCUT2D eigenvalue weighted by atomic mass is 16.6. The number of hydrogen-bond acceptors (Lipinski definition) is 4. The molecule has 3 aliphatic heterocycles. The summed E-state index contributed by atoms with van der Waals surface area (Å²) in [6, 6.07) is 20.8. The Balaban J connectivity index is 1.23. The van der Waals surface area contributed by atoms with Crippen molar-refractivity contribution in [2.45, 2.75) is 18.4 Å². The molecule has 0 amide bonds. The van der Waals surface area contributed by atoms with E-state index in [1.807, 2.05) is 30.3 Å². The molecule has 0 radical (unpaired) electrons. The first-order chi connectivity index (χ1) is 14.8. The molecule has 0 saturated heterocycles. The molecule has 2 atom stereocenters. The van der Waals surface area contributed by atoms with Crippen LogP contribution in [0.25, 0.3) is 6.08 Å². The van der Waals surface area contributed by atoms with Gasteiger partial charge in [-0.1, -0.05) is 36.4 Å². The molecule has 3 heterocycles. The Morgan fingerprint density at radius 3 is 2.50 bits per heavy atom. The first kappa shape index (κ1) is 17.5. The van der Waals surface area contributed by atoms with Crippen LogP contribution in [0.4, 0.5) is 0 Å². The number of ether oxygens (including phenoxy) is 4. The zero-order valence-corrected chi connectivity index (χ0v) is 16.5. The van der Waals surface area contributed by atoms with Crippen LogP contribution in [-0.2, 0) is 6.42 Å². The van der Waals surface area contributed by atoms with Gasteiger partial charge >= 0.3 is 0 Å². The van der Waals surface area contributed by atoms with E-state index in [0.29, 0.717) is 25.7 Å². The maximum Gasteiger partial charge on any atom is 0.161 e. The van der Waals surface area contributed by atoms with E-state index in [0.717, 1.165) is 40.5 Å². The second-order valence-corrected chi connectivity index (χ2v) is 7.92. The predicted molar refractivity (Wildman–Crippen MR) is 115 cm³/mol. The number of benzene rings is 3. The zero-order chi connectivity index (χ0) is 19.9. The van der Waals surface area contributed by atoms with Crippen molar-refractivity contribution in [3.63, 3.8) is 0 Å². The van der Waals surface area contributed by atoms with Crippen molar-refractivity contribution in [2.75, 3.05) is 19.8 Å². The van der Waals surface area contributed by atoms with E-state index in [1.54, 1.807) is 0 Å². The molecule has 0 fully saturated rings. The van der Waals surface area contributed by atoms with Gasteiger partial charge in [-0.25, -0.2) is 0 Å². The maximum absolute atomic E-state index is 6.29. The van der Waals surface area contributed by atoms with E-state index < -0.39 is 0 Å². The summed E-state index contributed by atoms with van der Waals surface area (Å²) in [7, 11) is 0. The van der Waals surface area contributed by atoms with Crippen LogP contribution in [0.5, 0.6) is 23.0 Å². The second-order valence-electron chi connectivity index (χ2n) is 7.92. The van der Waals surface area contributed by atoms with Crippen LogP contribution in [0.15, 0.2) is 66.7 Å². The molecule has 0 spiro atoms. The van der Waals surface area contributed by atoms with Gasteiger partial charge in [-0.2, -0.15) is 0 Å². The van der Waals surface area contributed by atoms with Crippen molar-refractivity contribution in [1.29, 1.82) is 0 Å². The van der Waals surface area contributed by atoms with Crippen molar-refractivity contribution < 1.29 is 18.9 Å². The molecule has 3 aromatic carbocycles. The van der Waals surface area contributed by atoms with Crippen LogP contribution in [0.3, 0.4) is 0 Å². The van der Waals surface area contributed by atoms with E-state index in [9.17, 15) is 0 Å². The van der Waals surface area contributed by atoms with Gasteiger partial charge in [0.15, 0.2) is 11.5 Å². The molecule has 4 nitrogen and oxygen atoms in total. The van der Waals surface area contributed by atoms with Gasteiger partial charge in [-0.05, 0) is 54.0 Å². The molecule has 0 aliphatic carbocycles. The van der Waals surface area contributed by atoms with E-state index in [-0.39, 0.29) is 6.10 Å². The third-order valence-electron chi connectivity index (χ3n) is 5.98. The third-order valence-corrected chi connectivity index (χ3v) is 5.98. The smallest absolute Gasteiger partial charge is 0.161 e. The molecule has 2 unspecified atom stereocenters. The second kappa shape index (κ2) is 7.13. The molecule has 150 valence electrons. The summed E-state index contributed by atoms with van der Waals surface area (Å²) in [5, 5.41) is 0. The number of para-hydroxylation sites is 1. The van der Waals surface area contributed by atoms with Crippen molar-refractivity contribution in [2.24, 2.45) is 0 Å². The third kappa shape index (κ3) is 3.09. The fourth-order valence-corrected chi connectivity index (χ4v) is 4.38. The van der Waals surface area contributed by atoms with Gasteiger partial charge in [0.25, 0.3) is 0 Å². The van der Waals surface area contributed by atoms with Gasteiger partial charge in [-0.3, -0.25) is 0 Å². The topological polar surface area (TPSA) is 36.9 Å². The SMILES string of the molecule is C1=CC(c2ccc3c(c2)OCCO3)Oc2ccc(C3COc4ccccc4C3)cc21. The predicted octanol–water partition coefficient (Wildman–Crippen LogP) is 5.32. The van der Waals surface area contributed by atoms with Crippen molar-refractivity contribution in [1.82, 2.24) is 0 Å². The maximum atomic E-state index is 6.29. The lowest BCUT2D eigenvalue weighted by atomic mass is 9.89. The van der Waals surface area contributed by atoms with E-state index >= 15 is 0 Å². The first-order valence-electron chi connectivity index (χ1n) is 10.4. The minimum absolute atomic E-state index is 0.135. The van der Waals surface area contributed by atoms with E-state index in [4.69, 9.17) is 18.9 Å². The monoisotopic (exact) mass is 398 g/mol. The Morgan fingerprint density at radius 2 is 1.53 bits per heavy atom. The molecule has 0 N–H and O–H groups in total. The first-order valence-corrected chi connectivity index (χ1v) is 10.4. The van der Waals surface area contributed by atoms with Gasteiger partial charge in [0.05, 0.1) is 6.61 Å². The van der Waals surface area contributed by atoms with Crippen LogP contribution < -0.4 is 18.9 Å². The average molecular weight is 398 g/mol. The normalized spacial score (nSPS) is 21.1. The summed E-state index contributed by atoms with van der Waals surface area (Å²) < 4.78 is 23.6. The number of hydrogen-bond donors (Lipinski definition) is 0. The molecule has 6 rings (SSSR count). The summed E-state index contributed by atoms with van der Waals surface area (Å²) in [4.78, 5) is 0. The van der Waals surface area contributed by atoms with E-state index in [2.05, 4.69) is 42.5 Å². The minimum atomic E-state index is -0.135. The number of rotatable bonds is 2. The van der Waals surface area contributed by atoms with Gasteiger partial charge in [0.2, 0.25) is 0 Å². The molecule has 0 bridgehead atoms. The Labute approximate surface area is 175 Å². The van der Waals surface area contributed by atoms with Crippen molar-refractivity contribution in [3.8, 4) is 23.0 Å². The Bertz CT molecular complexity index is 1130. The highest BCUT2D eigenvalue weighted by Gasteiger charge is 2.24. The molecule has 4 heteroatoms. The fourth-order valence-electron chi connectivity index (χ4n) is 4.38. The summed E-state index contributed by atoms with van der Waals surface area (Å²) in [5.74, 6) is 3.85. The van der Waals surface area contributed by atoms with Gasteiger partial charge in [0.1, 0.15) is 30.8 Å². The van der Waals surface area contributed by atoms with Crippen molar-refractivity contribution >= 4 is 6.08 Å². The van der Waals surface area contributed by atoms with Crippen molar-refractivity contribution in [3.05, 3.63) is 89.0 Å². The Hall–Kier alpha value is -3.40. The van der Waals surface area contributed by atoms with Crippen LogP contribution in [0.1, 0.15) is 34.3 Å². The van der Waals surface area contributed by atoms with Crippen LogP contribution in [0, 0.1) is 0 Å². The lowest BCUT2D eigenvalue weighted by Crippen LogP contribution is -2.19. The van der Waals surface area contributed by atoms with Crippen LogP contribution >= 0.6 is 0 Å². The Morgan fingerprint density at radius 1 is 0.700 bits per heavy atom. The summed E-state index contributed by atoms with van der Waals surface area (Å²) in [6.07, 6.45) is 5.12. The summed E-state index contributed by atoms with van der Waals surface area (Å²) in [6.45, 7) is 1.89. The lowest BCUT2D eigenvalue weighted by molar-refractivity contribution is 0.170. The summed E-state index contributed by atoms with van der Waals surface area (Å²) in [5.41, 5.74) is 4.73. The molecular formula is C26H22O4. The molecule has 0 aromatic heterocycles. The van der Waals surface area contributed by atoms with Gasteiger partial charge < -0.3 is 18.9 Å². The van der Waals surface area contributed by atoms with Crippen LogP contribution in [-0.4, -0.2) is 19.8 Å². The van der Waals surface area contributed by atoms with Gasteiger partial charge in [-0.15, -0.1) is 0 Å². The highest BCUT2D eigenvalue weighted by Crippen LogP contribution is 2.39. The zero-order valence-electron chi connectivity index (χ0n) is 16.5. The Kier molecular flexibility index (Phi) is 4.15. The minimum Gasteiger partial charge on any atom is -0.493 e. The highest BCUT2D eigenvalue weighted by molar-refractivity contribution is 5.62. The largest absolute Gasteiger partial charge is 0.493 e. The molecular weight excluding hydrogens is 376 g/mol. The number of fused-ring (bicyclic) bond motifs is 3. The molecule has 30 heavy (non-hydrogen) atoms. The van der Waals surface area contributed by atoms with E-state index in [1.165, 1.54) is 11.1 Å². The summed E-state index contributed by atoms with van der Waals surface area (Å²) >= 11 is 0. The van der Waals surface area contributed by atoms with Crippen LogP contribution in [0.2, 0.25) is 0 Å².